The minimum Gasteiger partial charge on any atom is -0.382 e. The zero-order chi connectivity index (χ0) is 21.3. The van der Waals surface area contributed by atoms with Crippen molar-refractivity contribution >= 4 is 23.4 Å². The van der Waals surface area contributed by atoms with E-state index < -0.39 is 5.82 Å². The molecule has 1 aliphatic heterocycles. The monoisotopic (exact) mass is 413 g/mol. The van der Waals surface area contributed by atoms with E-state index in [0.717, 1.165) is 6.20 Å². The van der Waals surface area contributed by atoms with E-state index in [1.807, 2.05) is 18.7 Å². The molecule has 1 aliphatic rings. The van der Waals surface area contributed by atoms with Crippen LogP contribution in [0.1, 0.15) is 13.8 Å². The molecule has 3 heterocycles. The molecule has 8 nitrogen and oxygen atoms in total. The summed E-state index contributed by atoms with van der Waals surface area (Å²) in [7, 11) is 0. The molecule has 0 spiro atoms. The molecule has 0 amide bonds. The van der Waals surface area contributed by atoms with Crippen LogP contribution in [0, 0.1) is 11.6 Å². The fourth-order valence-corrected chi connectivity index (χ4v) is 3.38. The summed E-state index contributed by atoms with van der Waals surface area (Å²) in [4.78, 5) is 10.4. The van der Waals surface area contributed by atoms with E-state index in [1.54, 1.807) is 18.2 Å². The first-order valence-electron chi connectivity index (χ1n) is 9.48. The van der Waals surface area contributed by atoms with Crippen molar-refractivity contribution in [3.05, 3.63) is 48.2 Å². The predicted octanol–water partition coefficient (Wildman–Crippen LogP) is 3.15. The summed E-state index contributed by atoms with van der Waals surface area (Å²) in [6.45, 7) is 5.14. The Hall–Kier alpha value is -3.40. The largest absolute Gasteiger partial charge is 0.382 e. The molecule has 0 unspecified atom stereocenters. The van der Waals surface area contributed by atoms with E-state index in [0.29, 0.717) is 30.2 Å². The molecule has 30 heavy (non-hydrogen) atoms. The molecule has 1 fully saturated rings. The zero-order valence-corrected chi connectivity index (χ0v) is 16.5. The number of nitrogen functional groups attached to an aromatic ring is 1. The third-order valence-corrected chi connectivity index (χ3v) is 4.66. The number of ether oxygens (including phenoxy) is 1. The molecule has 2 atom stereocenters. The lowest BCUT2D eigenvalue weighted by Gasteiger charge is -2.35. The van der Waals surface area contributed by atoms with Gasteiger partial charge in [0.15, 0.2) is 23.3 Å². The number of hydrogen-bond donors (Lipinski definition) is 2. The predicted molar refractivity (Wildman–Crippen MR) is 109 cm³/mol. The SMILES string of the molecule is C[C@@H]1CN(c2ncc(F)c(Nc3cc(-c4ccc(F)cc4)c(N)nn3)n2)C[C@H](C)O1. The van der Waals surface area contributed by atoms with Crippen molar-refractivity contribution in [3.63, 3.8) is 0 Å². The number of rotatable bonds is 4. The highest BCUT2D eigenvalue weighted by molar-refractivity contribution is 5.76. The molecule has 0 radical (unpaired) electrons. The molecular weight excluding hydrogens is 392 g/mol. The van der Waals surface area contributed by atoms with Gasteiger partial charge in [-0.3, -0.25) is 0 Å². The fourth-order valence-electron chi connectivity index (χ4n) is 3.38. The molecule has 3 aromatic rings. The van der Waals surface area contributed by atoms with Gasteiger partial charge in [0.2, 0.25) is 5.95 Å². The van der Waals surface area contributed by atoms with Crippen molar-refractivity contribution in [2.75, 3.05) is 29.0 Å². The van der Waals surface area contributed by atoms with Gasteiger partial charge in [-0.05, 0) is 37.6 Å². The van der Waals surface area contributed by atoms with Crippen LogP contribution in [0.2, 0.25) is 0 Å². The Morgan fingerprint density at radius 2 is 1.80 bits per heavy atom. The van der Waals surface area contributed by atoms with Crippen LogP contribution in [0.5, 0.6) is 0 Å². The van der Waals surface area contributed by atoms with Crippen LogP contribution < -0.4 is 16.0 Å². The maximum atomic E-state index is 14.4. The Morgan fingerprint density at radius 1 is 1.10 bits per heavy atom. The second-order valence-corrected chi connectivity index (χ2v) is 7.19. The summed E-state index contributed by atoms with van der Waals surface area (Å²) >= 11 is 0. The molecule has 0 aliphatic carbocycles. The van der Waals surface area contributed by atoms with Gasteiger partial charge in [0.1, 0.15) is 5.82 Å². The van der Waals surface area contributed by atoms with Crippen LogP contribution in [-0.2, 0) is 4.74 Å². The van der Waals surface area contributed by atoms with Crippen LogP contribution in [0.3, 0.4) is 0 Å². The van der Waals surface area contributed by atoms with Gasteiger partial charge in [-0.1, -0.05) is 12.1 Å². The molecule has 1 saturated heterocycles. The van der Waals surface area contributed by atoms with Crippen LogP contribution in [-0.4, -0.2) is 45.5 Å². The number of morpholine rings is 1. The van der Waals surface area contributed by atoms with Gasteiger partial charge in [-0.2, -0.15) is 4.98 Å². The summed E-state index contributed by atoms with van der Waals surface area (Å²) in [5, 5.41) is 10.7. The number of anilines is 4. The number of hydrogen-bond acceptors (Lipinski definition) is 8. The van der Waals surface area contributed by atoms with E-state index in [4.69, 9.17) is 10.5 Å². The molecule has 4 rings (SSSR count). The number of nitrogens with zero attached hydrogens (tertiary/aromatic N) is 5. The van der Waals surface area contributed by atoms with Gasteiger partial charge in [-0.25, -0.2) is 13.8 Å². The van der Waals surface area contributed by atoms with Gasteiger partial charge < -0.3 is 20.7 Å². The first-order valence-corrected chi connectivity index (χ1v) is 9.48. The van der Waals surface area contributed by atoms with Crippen molar-refractivity contribution in [3.8, 4) is 11.1 Å². The lowest BCUT2D eigenvalue weighted by Crippen LogP contribution is -2.46. The maximum Gasteiger partial charge on any atom is 0.227 e. The van der Waals surface area contributed by atoms with Gasteiger partial charge in [0.25, 0.3) is 0 Å². The first kappa shape index (κ1) is 19.9. The molecular formula is C20H21F2N7O. The Morgan fingerprint density at radius 3 is 2.50 bits per heavy atom. The van der Waals surface area contributed by atoms with Crippen LogP contribution in [0.4, 0.5) is 32.2 Å². The normalized spacial score (nSPS) is 19.0. The lowest BCUT2D eigenvalue weighted by atomic mass is 10.1. The molecule has 10 heteroatoms. The smallest absolute Gasteiger partial charge is 0.227 e. The highest BCUT2D eigenvalue weighted by Crippen LogP contribution is 2.28. The first-order chi connectivity index (χ1) is 14.4. The summed E-state index contributed by atoms with van der Waals surface area (Å²) < 4.78 is 33.3. The van der Waals surface area contributed by atoms with E-state index in [1.165, 1.54) is 12.1 Å². The van der Waals surface area contributed by atoms with E-state index in [9.17, 15) is 8.78 Å². The third kappa shape index (κ3) is 4.28. The number of aromatic nitrogens is 4. The van der Waals surface area contributed by atoms with Gasteiger partial charge >= 0.3 is 0 Å². The molecule has 0 saturated carbocycles. The van der Waals surface area contributed by atoms with Crippen molar-refractivity contribution < 1.29 is 13.5 Å². The summed E-state index contributed by atoms with van der Waals surface area (Å²) in [5.41, 5.74) is 7.12. The topological polar surface area (TPSA) is 102 Å². The van der Waals surface area contributed by atoms with E-state index in [2.05, 4.69) is 25.5 Å². The third-order valence-electron chi connectivity index (χ3n) is 4.66. The standard InChI is InChI=1S/C20H21F2N7O/c1-11-9-29(10-12(2)30-11)20-24-8-16(22)19(26-20)25-17-7-15(18(23)28-27-17)13-3-5-14(21)6-4-13/h3-8,11-12H,9-10H2,1-2H3,(H2,23,28)(H,24,25,26,27)/t11-,12+. The molecule has 0 bridgehead atoms. The summed E-state index contributed by atoms with van der Waals surface area (Å²) in [5.74, 6) is -0.211. The van der Waals surface area contributed by atoms with Gasteiger partial charge in [0.05, 0.1) is 18.4 Å². The van der Waals surface area contributed by atoms with Crippen LogP contribution in [0.15, 0.2) is 36.5 Å². The highest BCUT2D eigenvalue weighted by atomic mass is 19.1. The maximum absolute atomic E-state index is 14.4. The quantitative estimate of drug-likeness (QED) is 0.673. The number of halogens is 2. The second-order valence-electron chi connectivity index (χ2n) is 7.19. The Kier molecular flexibility index (Phi) is 5.40. The minimum absolute atomic E-state index is 0.0139. The van der Waals surface area contributed by atoms with Crippen molar-refractivity contribution in [2.45, 2.75) is 26.1 Å². The summed E-state index contributed by atoms with van der Waals surface area (Å²) in [6.07, 6.45) is 1.14. The number of nitrogens with one attached hydrogen (secondary N) is 1. The second kappa shape index (κ2) is 8.15. The minimum atomic E-state index is -0.630. The number of benzene rings is 1. The Bertz CT molecular complexity index is 1040. The van der Waals surface area contributed by atoms with Crippen LogP contribution >= 0.6 is 0 Å². The zero-order valence-electron chi connectivity index (χ0n) is 16.5. The molecule has 1 aromatic carbocycles. The average Bonchev–Trinajstić information content (AvgIpc) is 2.71. The summed E-state index contributed by atoms with van der Waals surface area (Å²) in [6, 6.07) is 7.41. The van der Waals surface area contributed by atoms with Crippen molar-refractivity contribution in [2.24, 2.45) is 0 Å². The van der Waals surface area contributed by atoms with Crippen molar-refractivity contribution in [1.29, 1.82) is 0 Å². The van der Waals surface area contributed by atoms with E-state index in [-0.39, 0.29) is 35.5 Å². The van der Waals surface area contributed by atoms with Crippen molar-refractivity contribution in [1.82, 2.24) is 20.2 Å². The average molecular weight is 413 g/mol. The van der Waals surface area contributed by atoms with Gasteiger partial charge in [0, 0.05) is 18.7 Å². The molecule has 156 valence electrons. The van der Waals surface area contributed by atoms with Gasteiger partial charge in [-0.15, -0.1) is 10.2 Å². The van der Waals surface area contributed by atoms with E-state index >= 15 is 0 Å². The van der Waals surface area contributed by atoms with Crippen LogP contribution in [0.25, 0.3) is 11.1 Å². The lowest BCUT2D eigenvalue weighted by molar-refractivity contribution is -0.00572. The Labute approximate surface area is 172 Å². The number of nitrogens with two attached hydrogens (primary N) is 1. The highest BCUT2D eigenvalue weighted by Gasteiger charge is 2.25. The fraction of sp³-hybridized carbons (Fsp3) is 0.300. The molecule has 3 N–H and O–H groups in total. The Balaban J connectivity index is 1.61. The molecule has 2 aromatic heterocycles.